The number of esters is 1. The molecule has 1 aromatic heterocycles. The van der Waals surface area contributed by atoms with E-state index in [1.54, 1.807) is 6.92 Å². The zero-order chi connectivity index (χ0) is 10.0. The molecule has 0 unspecified atom stereocenters. The molecule has 0 spiro atoms. The summed E-state index contributed by atoms with van der Waals surface area (Å²) in [7, 11) is 1.26. The lowest BCUT2D eigenvalue weighted by Crippen LogP contribution is -2.35. The first-order valence-electron chi connectivity index (χ1n) is 3.56. The summed E-state index contributed by atoms with van der Waals surface area (Å²) in [5.74, 6) is -0.564. The Morgan fingerprint density at radius 2 is 2.31 bits per heavy atom. The van der Waals surface area contributed by atoms with Crippen molar-refractivity contribution >= 4 is 17.6 Å². The van der Waals surface area contributed by atoms with Crippen LogP contribution in [0.25, 0.3) is 0 Å². The Bertz CT molecular complexity index is 351. The molecule has 13 heavy (non-hydrogen) atoms. The topological polar surface area (TPSA) is 50.4 Å². The van der Waals surface area contributed by atoms with Crippen molar-refractivity contribution in [1.82, 2.24) is 0 Å². The third kappa shape index (κ3) is 1.72. The van der Waals surface area contributed by atoms with Crippen molar-refractivity contribution in [3.05, 3.63) is 28.5 Å². The van der Waals surface area contributed by atoms with Gasteiger partial charge in [-0.2, -0.15) is 0 Å². The van der Waals surface area contributed by atoms with Crippen LogP contribution >= 0.6 is 11.6 Å². The van der Waals surface area contributed by atoms with E-state index in [9.17, 15) is 10.0 Å². The molecule has 0 aliphatic carbocycles. The minimum atomic E-state index is -0.564. The lowest BCUT2D eigenvalue weighted by Gasteiger charge is -2.01. The van der Waals surface area contributed by atoms with Gasteiger partial charge in [0.05, 0.1) is 12.1 Å². The average molecular weight is 203 g/mol. The summed E-state index contributed by atoms with van der Waals surface area (Å²) in [4.78, 5) is 11.2. The minimum Gasteiger partial charge on any atom is -0.465 e. The van der Waals surface area contributed by atoms with Gasteiger partial charge in [-0.3, -0.25) is 5.21 Å². The first-order valence-corrected chi connectivity index (χ1v) is 3.94. The maximum atomic E-state index is 11.2. The molecule has 0 fully saturated rings. The molecule has 0 radical (unpaired) electrons. The first-order chi connectivity index (χ1) is 6.07. The van der Waals surface area contributed by atoms with E-state index in [-0.39, 0.29) is 10.6 Å². The van der Waals surface area contributed by atoms with Gasteiger partial charge in [-0.25, -0.2) is 4.79 Å². The van der Waals surface area contributed by atoms with Gasteiger partial charge in [0.15, 0.2) is 0 Å². The van der Waals surface area contributed by atoms with Crippen LogP contribution in [0.4, 0.5) is 0 Å². The van der Waals surface area contributed by atoms with E-state index >= 15 is 0 Å². The van der Waals surface area contributed by atoms with E-state index < -0.39 is 5.97 Å². The normalized spacial score (nSPS) is 9.77. The average Bonchev–Trinajstić information content (AvgIpc) is 2.12. The maximum absolute atomic E-state index is 11.2. The Hall–Kier alpha value is -1.29. The van der Waals surface area contributed by atoms with Crippen molar-refractivity contribution in [2.75, 3.05) is 7.11 Å². The smallest absolute Gasteiger partial charge is 0.346 e. The number of hydrogen-bond acceptors (Lipinski definition) is 3. The molecule has 5 heteroatoms. The second-order valence-corrected chi connectivity index (χ2v) is 2.87. The Balaban J connectivity index is 3.33. The molecule has 1 heterocycles. The Labute approximate surface area is 80.3 Å². The summed E-state index contributed by atoms with van der Waals surface area (Å²) in [5.41, 5.74) is 0.522. The molecule has 0 saturated heterocycles. The highest BCUT2D eigenvalue weighted by Gasteiger charge is 2.22. The number of rotatable bonds is 1. The maximum Gasteiger partial charge on any atom is 0.346 e. The number of ether oxygens (including phenoxy) is 1. The van der Waals surface area contributed by atoms with Crippen LogP contribution < -0.4 is 4.73 Å². The van der Waals surface area contributed by atoms with E-state index in [1.807, 2.05) is 0 Å². The van der Waals surface area contributed by atoms with E-state index in [4.69, 9.17) is 11.6 Å². The Morgan fingerprint density at radius 3 is 2.85 bits per heavy atom. The van der Waals surface area contributed by atoms with Crippen molar-refractivity contribution in [3.63, 3.8) is 0 Å². The zero-order valence-electron chi connectivity index (χ0n) is 7.24. The van der Waals surface area contributed by atoms with Gasteiger partial charge < -0.3 is 4.74 Å². The third-order valence-corrected chi connectivity index (χ3v) is 2.01. The molecule has 0 aliphatic rings. The number of hydrogen-bond donors (Lipinski definition) is 1. The van der Waals surface area contributed by atoms with Crippen LogP contribution in [0.2, 0.25) is 5.02 Å². The van der Waals surface area contributed by atoms with Crippen LogP contribution in [0, 0.1) is 6.92 Å². The zero-order valence-corrected chi connectivity index (χ0v) is 8.00. The van der Waals surface area contributed by atoms with Crippen LogP contribution in [0.15, 0.2) is 12.3 Å². The SMILES string of the molecule is COC(=O)c1c(Cl)cc[n+](O)c1C. The summed E-state index contributed by atoms with van der Waals surface area (Å²) >= 11 is 5.75. The van der Waals surface area contributed by atoms with Crippen molar-refractivity contribution in [2.45, 2.75) is 6.92 Å². The number of carbonyl (C=O) groups is 1. The molecular formula is C8H9ClNO3+. The van der Waals surface area contributed by atoms with Crippen LogP contribution in [-0.4, -0.2) is 18.3 Å². The quantitative estimate of drug-likeness (QED) is 0.419. The van der Waals surface area contributed by atoms with E-state index in [2.05, 4.69) is 4.74 Å². The molecule has 0 aromatic carbocycles. The first kappa shape index (κ1) is 9.80. The third-order valence-electron chi connectivity index (χ3n) is 1.70. The highest BCUT2D eigenvalue weighted by Crippen LogP contribution is 2.16. The summed E-state index contributed by atoms with van der Waals surface area (Å²) in [5, 5.41) is 9.48. The van der Waals surface area contributed by atoms with Gasteiger partial charge in [0.1, 0.15) is 5.56 Å². The molecule has 0 atom stereocenters. The molecule has 0 aliphatic heterocycles. The largest absolute Gasteiger partial charge is 0.465 e. The monoisotopic (exact) mass is 202 g/mol. The van der Waals surface area contributed by atoms with Gasteiger partial charge in [-0.15, -0.1) is 0 Å². The highest BCUT2D eigenvalue weighted by atomic mass is 35.5. The summed E-state index contributed by atoms with van der Waals surface area (Å²) in [6.45, 7) is 1.57. The molecule has 70 valence electrons. The van der Waals surface area contributed by atoms with Crippen molar-refractivity contribution in [2.24, 2.45) is 0 Å². The van der Waals surface area contributed by atoms with Gasteiger partial charge in [0, 0.05) is 17.7 Å². The standard InChI is InChI=1S/C8H9ClNO3/c1-5-7(8(11)13-2)6(9)3-4-10(5)12/h3-4,12H,1-2H3/q+1. The number of carbonyl (C=O) groups excluding carboxylic acids is 1. The highest BCUT2D eigenvalue weighted by molar-refractivity contribution is 6.33. The van der Waals surface area contributed by atoms with Crippen LogP contribution in [0.5, 0.6) is 0 Å². The number of nitrogens with zero attached hydrogens (tertiary/aromatic N) is 1. The van der Waals surface area contributed by atoms with Crippen LogP contribution in [-0.2, 0) is 4.74 Å². The van der Waals surface area contributed by atoms with Gasteiger partial charge >= 0.3 is 5.97 Å². The lowest BCUT2D eigenvalue weighted by atomic mass is 10.2. The van der Waals surface area contributed by atoms with Crippen LogP contribution in [0.3, 0.4) is 0 Å². The van der Waals surface area contributed by atoms with Gasteiger partial charge in [0.25, 0.3) is 0 Å². The minimum absolute atomic E-state index is 0.175. The van der Waals surface area contributed by atoms with Crippen molar-refractivity contribution < 1.29 is 19.5 Å². The summed E-state index contributed by atoms with van der Waals surface area (Å²) in [6.07, 6.45) is 1.35. The van der Waals surface area contributed by atoms with Crippen molar-refractivity contribution in [3.8, 4) is 0 Å². The lowest BCUT2D eigenvalue weighted by molar-refractivity contribution is -0.908. The summed E-state index contributed by atoms with van der Waals surface area (Å²) < 4.78 is 5.32. The number of pyridine rings is 1. The number of methoxy groups -OCH3 is 1. The molecule has 1 rings (SSSR count). The molecular weight excluding hydrogens is 194 g/mol. The molecule has 4 nitrogen and oxygen atoms in total. The fourth-order valence-electron chi connectivity index (χ4n) is 0.966. The molecule has 1 aromatic rings. The van der Waals surface area contributed by atoms with Gasteiger partial charge in [-0.05, 0) is 0 Å². The Morgan fingerprint density at radius 1 is 1.69 bits per heavy atom. The van der Waals surface area contributed by atoms with Crippen LogP contribution in [0.1, 0.15) is 16.1 Å². The molecule has 1 N–H and O–H groups in total. The predicted octanol–water partition coefficient (Wildman–Crippen LogP) is 0.960. The molecule has 0 saturated carbocycles. The van der Waals surface area contributed by atoms with E-state index in [0.29, 0.717) is 5.69 Å². The Kier molecular flexibility index (Phi) is 2.72. The summed E-state index contributed by atoms with van der Waals surface area (Å²) in [6, 6.07) is 1.42. The predicted molar refractivity (Wildman–Crippen MR) is 44.9 cm³/mol. The van der Waals surface area contributed by atoms with Crippen molar-refractivity contribution in [1.29, 1.82) is 0 Å². The van der Waals surface area contributed by atoms with Gasteiger partial charge in [-0.1, -0.05) is 11.6 Å². The second-order valence-electron chi connectivity index (χ2n) is 2.46. The second kappa shape index (κ2) is 3.62. The fourth-order valence-corrected chi connectivity index (χ4v) is 1.24. The molecule has 0 amide bonds. The van der Waals surface area contributed by atoms with E-state index in [1.165, 1.54) is 19.4 Å². The van der Waals surface area contributed by atoms with E-state index in [0.717, 1.165) is 4.73 Å². The number of aromatic nitrogens is 1. The number of halogens is 1. The molecule has 0 bridgehead atoms. The van der Waals surface area contributed by atoms with Gasteiger partial charge in [0.2, 0.25) is 11.9 Å². The fraction of sp³-hybridized carbons (Fsp3) is 0.250.